The fourth-order valence-electron chi connectivity index (χ4n) is 3.00. The van der Waals surface area contributed by atoms with E-state index >= 15 is 0 Å². The van der Waals surface area contributed by atoms with Crippen LogP contribution in [-0.4, -0.2) is 22.1 Å². The third kappa shape index (κ3) is 4.38. The second-order valence-electron chi connectivity index (χ2n) is 6.63. The van der Waals surface area contributed by atoms with Crippen molar-refractivity contribution in [3.05, 3.63) is 83.3 Å². The molecule has 0 bridgehead atoms. The first kappa shape index (κ1) is 19.0. The summed E-state index contributed by atoms with van der Waals surface area (Å²) in [5.74, 6) is 1.30. The Morgan fingerprint density at radius 1 is 1.10 bits per heavy atom. The number of benzene rings is 2. The number of halogens is 1. The molecule has 0 saturated carbocycles. The number of nitrogens with one attached hydrogen (secondary N) is 1. The van der Waals surface area contributed by atoms with Crippen LogP contribution in [0, 0.1) is 0 Å². The highest BCUT2D eigenvalue weighted by Gasteiger charge is 2.19. The van der Waals surface area contributed by atoms with E-state index in [1.165, 1.54) is 0 Å². The average Bonchev–Trinajstić information content (AvgIpc) is 3.40. The summed E-state index contributed by atoms with van der Waals surface area (Å²) in [6.45, 7) is 1.92. The second-order valence-corrected chi connectivity index (χ2v) is 7.07. The predicted molar refractivity (Wildman–Crippen MR) is 110 cm³/mol. The van der Waals surface area contributed by atoms with E-state index in [0.717, 1.165) is 11.3 Å². The van der Waals surface area contributed by atoms with Gasteiger partial charge in [-0.3, -0.25) is 4.79 Å². The van der Waals surface area contributed by atoms with Gasteiger partial charge >= 0.3 is 0 Å². The van der Waals surface area contributed by atoms with E-state index in [-0.39, 0.29) is 17.8 Å². The number of hydrogen-bond donors (Lipinski definition) is 1. The van der Waals surface area contributed by atoms with Crippen LogP contribution in [0.1, 0.15) is 23.0 Å². The summed E-state index contributed by atoms with van der Waals surface area (Å²) in [6.07, 6.45) is 2.22. The molecule has 0 fully saturated rings. The molecule has 7 heteroatoms. The van der Waals surface area contributed by atoms with Crippen molar-refractivity contribution in [1.82, 2.24) is 15.5 Å². The van der Waals surface area contributed by atoms with Gasteiger partial charge in [0.1, 0.15) is 5.76 Å². The van der Waals surface area contributed by atoms with Crippen LogP contribution >= 0.6 is 11.6 Å². The molecule has 2 aromatic carbocycles. The SMILES string of the molecule is C[C@H](Cc1ccco1)NC(=O)c1ccccc1-c1nc(-c2ccc(Cl)cc2)no1. The van der Waals surface area contributed by atoms with Crippen LogP contribution in [0.2, 0.25) is 5.02 Å². The first-order valence-electron chi connectivity index (χ1n) is 9.12. The number of aromatic nitrogens is 2. The van der Waals surface area contributed by atoms with Crippen LogP contribution in [0.4, 0.5) is 0 Å². The van der Waals surface area contributed by atoms with Crippen molar-refractivity contribution < 1.29 is 13.7 Å². The Labute approximate surface area is 172 Å². The maximum absolute atomic E-state index is 12.8. The lowest BCUT2D eigenvalue weighted by Crippen LogP contribution is -2.34. The maximum Gasteiger partial charge on any atom is 0.259 e. The number of amides is 1. The fourth-order valence-corrected chi connectivity index (χ4v) is 3.13. The van der Waals surface area contributed by atoms with E-state index in [4.69, 9.17) is 20.5 Å². The van der Waals surface area contributed by atoms with Gasteiger partial charge < -0.3 is 14.3 Å². The van der Waals surface area contributed by atoms with Gasteiger partial charge in [-0.25, -0.2) is 0 Å². The van der Waals surface area contributed by atoms with Crippen molar-refractivity contribution in [1.29, 1.82) is 0 Å². The summed E-state index contributed by atoms with van der Waals surface area (Å²) in [7, 11) is 0. The molecular weight excluding hydrogens is 390 g/mol. The number of carbonyl (C=O) groups is 1. The molecule has 29 heavy (non-hydrogen) atoms. The van der Waals surface area contributed by atoms with Crippen LogP contribution in [0.5, 0.6) is 0 Å². The highest BCUT2D eigenvalue weighted by Crippen LogP contribution is 2.26. The van der Waals surface area contributed by atoms with Crippen LogP contribution in [-0.2, 0) is 6.42 Å². The Morgan fingerprint density at radius 2 is 1.90 bits per heavy atom. The molecule has 0 aliphatic rings. The van der Waals surface area contributed by atoms with E-state index in [0.29, 0.717) is 28.4 Å². The highest BCUT2D eigenvalue weighted by atomic mass is 35.5. The van der Waals surface area contributed by atoms with Gasteiger partial charge in [-0.15, -0.1) is 0 Å². The molecule has 2 heterocycles. The van der Waals surface area contributed by atoms with Gasteiger partial charge in [0.05, 0.1) is 17.4 Å². The van der Waals surface area contributed by atoms with E-state index in [2.05, 4.69) is 15.5 Å². The molecule has 4 rings (SSSR count). The third-order valence-electron chi connectivity index (χ3n) is 4.40. The van der Waals surface area contributed by atoms with Crippen molar-refractivity contribution in [2.24, 2.45) is 0 Å². The lowest BCUT2D eigenvalue weighted by Gasteiger charge is -2.13. The topological polar surface area (TPSA) is 81.2 Å². The molecule has 6 nitrogen and oxygen atoms in total. The number of rotatable bonds is 6. The Balaban J connectivity index is 1.55. The van der Waals surface area contributed by atoms with E-state index in [9.17, 15) is 4.79 Å². The minimum Gasteiger partial charge on any atom is -0.469 e. The van der Waals surface area contributed by atoms with Gasteiger partial charge in [0.2, 0.25) is 5.82 Å². The first-order valence-corrected chi connectivity index (χ1v) is 9.50. The standard InChI is InChI=1S/C22H18ClN3O3/c1-14(13-17-5-4-12-28-17)24-21(27)18-6-2-3-7-19(18)22-25-20(26-29-22)15-8-10-16(23)11-9-15/h2-12,14H,13H2,1H3,(H,24,27)/t14-/m1/s1. The minimum absolute atomic E-state index is 0.103. The summed E-state index contributed by atoms with van der Waals surface area (Å²) in [6, 6.07) is 17.9. The largest absolute Gasteiger partial charge is 0.469 e. The van der Waals surface area contributed by atoms with Crippen molar-refractivity contribution >= 4 is 17.5 Å². The monoisotopic (exact) mass is 407 g/mol. The molecular formula is C22H18ClN3O3. The Kier molecular flexibility index (Phi) is 5.44. The molecule has 0 aliphatic heterocycles. The zero-order valence-electron chi connectivity index (χ0n) is 15.6. The minimum atomic E-state index is -0.217. The van der Waals surface area contributed by atoms with Crippen LogP contribution in [0.3, 0.4) is 0 Å². The lowest BCUT2D eigenvalue weighted by molar-refractivity contribution is 0.0939. The van der Waals surface area contributed by atoms with Crippen LogP contribution in [0.15, 0.2) is 75.9 Å². The van der Waals surface area contributed by atoms with Crippen LogP contribution < -0.4 is 5.32 Å². The van der Waals surface area contributed by atoms with Crippen molar-refractivity contribution in [3.63, 3.8) is 0 Å². The van der Waals surface area contributed by atoms with Crippen molar-refractivity contribution in [2.75, 3.05) is 0 Å². The molecule has 0 unspecified atom stereocenters. The van der Waals surface area contributed by atoms with E-state index in [1.807, 2.05) is 37.3 Å². The Hall–Kier alpha value is -3.38. The summed E-state index contributed by atoms with van der Waals surface area (Å²) in [5.41, 5.74) is 1.81. The van der Waals surface area contributed by atoms with Gasteiger partial charge in [-0.05, 0) is 55.5 Å². The molecule has 4 aromatic rings. The highest BCUT2D eigenvalue weighted by molar-refractivity contribution is 6.30. The van der Waals surface area contributed by atoms with Gasteiger partial charge in [0.25, 0.3) is 11.8 Å². The normalized spacial score (nSPS) is 11.9. The molecule has 1 N–H and O–H groups in total. The molecule has 0 aliphatic carbocycles. The van der Waals surface area contributed by atoms with Gasteiger partial charge in [0.15, 0.2) is 0 Å². The number of nitrogens with zero attached hydrogens (tertiary/aromatic N) is 2. The quantitative estimate of drug-likeness (QED) is 0.485. The molecule has 1 atom stereocenters. The second kappa shape index (κ2) is 8.32. The lowest BCUT2D eigenvalue weighted by atomic mass is 10.1. The predicted octanol–water partition coefficient (Wildman–Crippen LogP) is 5.01. The number of carbonyl (C=O) groups excluding carboxylic acids is 1. The average molecular weight is 408 g/mol. The van der Waals surface area contributed by atoms with Crippen LogP contribution in [0.25, 0.3) is 22.8 Å². The number of hydrogen-bond acceptors (Lipinski definition) is 5. The Bertz CT molecular complexity index is 1100. The zero-order valence-corrected chi connectivity index (χ0v) is 16.4. The first-order chi connectivity index (χ1) is 14.1. The molecule has 0 spiro atoms. The van der Waals surface area contributed by atoms with E-state index in [1.54, 1.807) is 36.6 Å². The Morgan fingerprint density at radius 3 is 2.66 bits per heavy atom. The summed E-state index contributed by atoms with van der Waals surface area (Å²) in [4.78, 5) is 17.3. The fraction of sp³-hybridized carbons (Fsp3) is 0.136. The zero-order chi connectivity index (χ0) is 20.2. The molecule has 2 aromatic heterocycles. The van der Waals surface area contributed by atoms with Crippen molar-refractivity contribution in [3.8, 4) is 22.8 Å². The summed E-state index contributed by atoms with van der Waals surface area (Å²) < 4.78 is 10.8. The molecule has 0 radical (unpaired) electrons. The van der Waals surface area contributed by atoms with Crippen molar-refractivity contribution in [2.45, 2.75) is 19.4 Å². The molecule has 0 saturated heterocycles. The smallest absolute Gasteiger partial charge is 0.259 e. The maximum atomic E-state index is 12.8. The van der Waals surface area contributed by atoms with Gasteiger partial charge in [-0.2, -0.15) is 4.98 Å². The van der Waals surface area contributed by atoms with Gasteiger partial charge in [0, 0.05) is 23.0 Å². The number of furan rings is 1. The third-order valence-corrected chi connectivity index (χ3v) is 4.65. The summed E-state index contributed by atoms with van der Waals surface area (Å²) >= 11 is 5.93. The molecule has 146 valence electrons. The van der Waals surface area contributed by atoms with E-state index < -0.39 is 0 Å². The van der Waals surface area contributed by atoms with Gasteiger partial charge in [-0.1, -0.05) is 28.9 Å². The molecule has 1 amide bonds. The summed E-state index contributed by atoms with van der Waals surface area (Å²) in [5, 5.41) is 7.64.